The molecular weight excluding hydrogens is 130 g/mol. The van der Waals surface area contributed by atoms with Gasteiger partial charge < -0.3 is 10.4 Å². The third-order valence-corrected chi connectivity index (χ3v) is 1.12. The first-order valence-corrected chi connectivity index (χ1v) is 3.68. The number of carbonyl (C=O) groups is 1. The van der Waals surface area contributed by atoms with E-state index >= 15 is 0 Å². The Kier molecular flexibility index (Phi) is 4.94. The van der Waals surface area contributed by atoms with Crippen LogP contribution in [0.4, 0.5) is 0 Å². The first-order chi connectivity index (χ1) is 4.72. The zero-order chi connectivity index (χ0) is 7.98. The van der Waals surface area contributed by atoms with Crippen molar-refractivity contribution in [1.82, 2.24) is 5.32 Å². The Labute approximate surface area is 61.4 Å². The van der Waals surface area contributed by atoms with Gasteiger partial charge in [0.25, 0.3) is 0 Å². The molecule has 0 saturated carbocycles. The highest BCUT2D eigenvalue weighted by Crippen LogP contribution is 1.99. The molecule has 2 N–H and O–H groups in total. The molecule has 0 bridgehead atoms. The summed E-state index contributed by atoms with van der Waals surface area (Å²) in [6.07, 6.45) is 2.04. The Hall–Kier alpha value is -0.570. The lowest BCUT2D eigenvalue weighted by Gasteiger charge is -2.22. The van der Waals surface area contributed by atoms with Crippen molar-refractivity contribution in [3.63, 3.8) is 0 Å². The van der Waals surface area contributed by atoms with E-state index in [2.05, 4.69) is 19.2 Å². The molecule has 1 atom stereocenters. The van der Waals surface area contributed by atoms with E-state index in [0.29, 0.717) is 0 Å². The number of carboxylic acid groups (broad SMARTS) is 1. The van der Waals surface area contributed by atoms with Crippen LogP contribution in [0.5, 0.6) is 0 Å². The van der Waals surface area contributed by atoms with Gasteiger partial charge >= 0.3 is 5.97 Å². The van der Waals surface area contributed by atoms with Crippen LogP contribution in [-0.4, -0.2) is 23.7 Å². The minimum absolute atomic E-state index is 0.250. The van der Waals surface area contributed by atoms with Crippen LogP contribution in [0.25, 0.3) is 0 Å². The molecule has 10 heavy (non-hydrogen) atoms. The third kappa shape index (κ3) is 3.45. The van der Waals surface area contributed by atoms with E-state index in [1.54, 1.807) is 0 Å². The molecule has 0 aliphatic carbocycles. The van der Waals surface area contributed by atoms with E-state index in [1.807, 2.05) is 0 Å². The van der Waals surface area contributed by atoms with Gasteiger partial charge in [0.2, 0.25) is 0 Å². The van der Waals surface area contributed by atoms with Crippen LogP contribution < -0.4 is 5.32 Å². The van der Waals surface area contributed by atoms with E-state index in [9.17, 15) is 4.79 Å². The van der Waals surface area contributed by atoms with Gasteiger partial charge in [-0.1, -0.05) is 20.3 Å². The number of aliphatic carboxylic acids is 1. The van der Waals surface area contributed by atoms with Gasteiger partial charge in [0.05, 0.1) is 0 Å². The molecule has 1 aliphatic heterocycles. The molecule has 60 valence electrons. The molecule has 0 aromatic rings. The molecule has 0 unspecified atom stereocenters. The highest BCUT2D eigenvalue weighted by atomic mass is 16.4. The summed E-state index contributed by atoms with van der Waals surface area (Å²) < 4.78 is 0. The summed E-state index contributed by atoms with van der Waals surface area (Å²) in [5, 5.41) is 10.9. The largest absolute Gasteiger partial charge is 0.480 e. The lowest BCUT2D eigenvalue weighted by atomic mass is 10.1. The minimum atomic E-state index is -0.730. The summed E-state index contributed by atoms with van der Waals surface area (Å²) in [6.45, 7) is 5.11. The van der Waals surface area contributed by atoms with Crippen LogP contribution >= 0.6 is 0 Å². The van der Waals surface area contributed by atoms with E-state index in [1.165, 1.54) is 6.42 Å². The van der Waals surface area contributed by atoms with Crippen LogP contribution in [0.15, 0.2) is 0 Å². The maximum atomic E-state index is 9.92. The number of rotatable bonds is 1. The fraction of sp³-hybridized carbons (Fsp3) is 0.857. The van der Waals surface area contributed by atoms with E-state index < -0.39 is 5.97 Å². The second kappa shape index (κ2) is 5.23. The Balaban J connectivity index is 0.000000236. The van der Waals surface area contributed by atoms with Crippen LogP contribution in [0.2, 0.25) is 0 Å². The summed E-state index contributed by atoms with van der Waals surface area (Å²) in [7, 11) is 0. The average molecular weight is 145 g/mol. The van der Waals surface area contributed by atoms with E-state index in [4.69, 9.17) is 5.11 Å². The van der Waals surface area contributed by atoms with Gasteiger partial charge in [-0.05, 0) is 13.0 Å². The first kappa shape index (κ1) is 9.43. The van der Waals surface area contributed by atoms with Crippen molar-refractivity contribution in [2.75, 3.05) is 6.54 Å². The van der Waals surface area contributed by atoms with E-state index in [-0.39, 0.29) is 6.04 Å². The van der Waals surface area contributed by atoms with Crippen molar-refractivity contribution in [3.8, 4) is 0 Å². The molecule has 1 rings (SSSR count). The van der Waals surface area contributed by atoms with Crippen molar-refractivity contribution in [2.24, 2.45) is 0 Å². The van der Waals surface area contributed by atoms with Crippen molar-refractivity contribution in [2.45, 2.75) is 32.7 Å². The Morgan fingerprint density at radius 1 is 1.70 bits per heavy atom. The van der Waals surface area contributed by atoms with Gasteiger partial charge in [0, 0.05) is 0 Å². The van der Waals surface area contributed by atoms with Crippen LogP contribution in [0, 0.1) is 0 Å². The summed E-state index contributed by atoms with van der Waals surface area (Å²) in [6, 6.07) is -0.250. The van der Waals surface area contributed by atoms with Gasteiger partial charge in [0.15, 0.2) is 0 Å². The van der Waals surface area contributed by atoms with Crippen LogP contribution in [-0.2, 0) is 4.79 Å². The molecule has 0 aromatic heterocycles. The number of hydrogen-bond acceptors (Lipinski definition) is 2. The minimum Gasteiger partial charge on any atom is -0.480 e. The maximum Gasteiger partial charge on any atom is 0.320 e. The van der Waals surface area contributed by atoms with Crippen molar-refractivity contribution in [3.05, 3.63) is 0 Å². The fourth-order valence-corrected chi connectivity index (χ4v) is 0.499. The molecule has 1 heterocycles. The lowest BCUT2D eigenvalue weighted by Crippen LogP contribution is -2.48. The second-order valence-corrected chi connectivity index (χ2v) is 2.34. The maximum absolute atomic E-state index is 9.92. The fourth-order valence-electron chi connectivity index (χ4n) is 0.499. The first-order valence-electron chi connectivity index (χ1n) is 3.68. The van der Waals surface area contributed by atoms with Crippen molar-refractivity contribution < 1.29 is 9.90 Å². The molecule has 3 heteroatoms. The second-order valence-electron chi connectivity index (χ2n) is 2.34. The molecule has 0 amide bonds. The zero-order valence-electron chi connectivity index (χ0n) is 6.55. The molecule has 1 fully saturated rings. The molecule has 1 aliphatic rings. The van der Waals surface area contributed by atoms with Crippen LogP contribution in [0.1, 0.15) is 26.7 Å². The van der Waals surface area contributed by atoms with Gasteiger partial charge in [-0.25, -0.2) is 0 Å². The Morgan fingerprint density at radius 2 is 2.10 bits per heavy atom. The highest BCUT2D eigenvalue weighted by Gasteiger charge is 2.22. The molecule has 3 nitrogen and oxygen atoms in total. The molecule has 0 aromatic carbocycles. The predicted molar refractivity (Wildman–Crippen MR) is 40.0 cm³/mol. The highest BCUT2D eigenvalue weighted by molar-refractivity contribution is 5.74. The normalized spacial score (nSPS) is 22.0. The lowest BCUT2D eigenvalue weighted by molar-refractivity contribution is -0.141. The van der Waals surface area contributed by atoms with Gasteiger partial charge in [-0.15, -0.1) is 0 Å². The predicted octanol–water partition coefficient (Wildman–Crippen LogP) is 0.849. The summed E-state index contributed by atoms with van der Waals surface area (Å²) >= 11 is 0. The standard InChI is InChI=1S/C4H7NO2.C3H8/c6-4(7)3-1-2-5-3;1-3-2/h3,5H,1-2H2,(H,6,7);3H2,1-2H3/t3-;/m0./s1. The van der Waals surface area contributed by atoms with E-state index in [0.717, 1.165) is 13.0 Å². The quantitative estimate of drug-likeness (QED) is 0.575. The summed E-state index contributed by atoms with van der Waals surface area (Å²) in [5.74, 6) is -0.730. The summed E-state index contributed by atoms with van der Waals surface area (Å²) in [5.41, 5.74) is 0. The van der Waals surface area contributed by atoms with Gasteiger partial charge in [-0.2, -0.15) is 0 Å². The third-order valence-electron chi connectivity index (χ3n) is 1.12. The molecular formula is C7H15NO2. The Morgan fingerprint density at radius 3 is 2.10 bits per heavy atom. The smallest absolute Gasteiger partial charge is 0.320 e. The zero-order valence-corrected chi connectivity index (χ0v) is 6.55. The van der Waals surface area contributed by atoms with Gasteiger partial charge in [-0.3, -0.25) is 4.79 Å². The average Bonchev–Trinajstić information content (AvgIpc) is 1.59. The molecule has 0 spiro atoms. The SMILES string of the molecule is CCC.O=C(O)[C@@H]1CCN1. The van der Waals surface area contributed by atoms with Crippen molar-refractivity contribution in [1.29, 1.82) is 0 Å². The Bertz CT molecular complexity index is 99.8. The molecule has 1 saturated heterocycles. The topological polar surface area (TPSA) is 49.3 Å². The summed E-state index contributed by atoms with van der Waals surface area (Å²) in [4.78, 5) is 9.92. The number of nitrogens with one attached hydrogen (secondary N) is 1. The number of carboxylic acids is 1. The monoisotopic (exact) mass is 145 g/mol. The molecule has 0 radical (unpaired) electrons. The van der Waals surface area contributed by atoms with Gasteiger partial charge in [0.1, 0.15) is 6.04 Å². The van der Waals surface area contributed by atoms with Crippen LogP contribution in [0.3, 0.4) is 0 Å². The van der Waals surface area contributed by atoms with Crippen molar-refractivity contribution >= 4 is 5.97 Å². The number of hydrogen-bond donors (Lipinski definition) is 2.